The van der Waals surface area contributed by atoms with Gasteiger partial charge in [0.15, 0.2) is 0 Å². The van der Waals surface area contributed by atoms with Crippen LogP contribution in [0, 0.1) is 0 Å². The molecule has 0 spiro atoms. The highest BCUT2D eigenvalue weighted by atomic mass is 16.5. The molecule has 4 nitrogen and oxygen atoms in total. The van der Waals surface area contributed by atoms with Crippen LogP contribution in [0.1, 0.15) is 58.8 Å². The molecular weight excluding hydrogens is 242 g/mol. The van der Waals surface area contributed by atoms with Crippen molar-refractivity contribution in [1.29, 1.82) is 0 Å². The van der Waals surface area contributed by atoms with Gasteiger partial charge >= 0.3 is 0 Å². The Kier molecular flexibility index (Phi) is 7.39. The molecule has 1 aliphatic carbocycles. The van der Waals surface area contributed by atoms with Crippen molar-refractivity contribution in [3.8, 4) is 0 Å². The third-order valence-corrected chi connectivity index (χ3v) is 3.81. The number of ether oxygens (including phenoxy) is 1. The minimum Gasteiger partial charge on any atom is -0.393 e. The third-order valence-electron chi connectivity index (χ3n) is 3.81. The van der Waals surface area contributed by atoms with E-state index in [1.807, 2.05) is 6.92 Å². The monoisotopic (exact) mass is 271 g/mol. The van der Waals surface area contributed by atoms with E-state index in [2.05, 4.69) is 0 Å². The molecule has 0 radical (unpaired) electrons. The summed E-state index contributed by atoms with van der Waals surface area (Å²) in [6, 6.07) is 0. The Hall–Kier alpha value is -0.610. The van der Waals surface area contributed by atoms with Crippen LogP contribution in [-0.2, 0) is 9.53 Å². The SMILES string of the molecule is CCC(OC1CCCCC1)C(=O)N(C)CCC(C)O. The van der Waals surface area contributed by atoms with Gasteiger partial charge in [-0.2, -0.15) is 0 Å². The van der Waals surface area contributed by atoms with Gasteiger partial charge in [-0.15, -0.1) is 0 Å². The second-order valence-electron chi connectivity index (χ2n) is 5.69. The summed E-state index contributed by atoms with van der Waals surface area (Å²) in [7, 11) is 1.79. The van der Waals surface area contributed by atoms with E-state index in [0.717, 1.165) is 12.8 Å². The average molecular weight is 271 g/mol. The highest BCUT2D eigenvalue weighted by Gasteiger charge is 2.25. The fraction of sp³-hybridized carbons (Fsp3) is 0.933. The maximum atomic E-state index is 12.3. The molecule has 19 heavy (non-hydrogen) atoms. The molecule has 1 amide bonds. The Bertz CT molecular complexity index is 262. The van der Waals surface area contributed by atoms with Crippen molar-refractivity contribution in [3.63, 3.8) is 0 Å². The van der Waals surface area contributed by atoms with Crippen LogP contribution < -0.4 is 0 Å². The van der Waals surface area contributed by atoms with Crippen LogP contribution in [-0.4, -0.2) is 47.8 Å². The third kappa shape index (κ3) is 5.91. The highest BCUT2D eigenvalue weighted by Crippen LogP contribution is 2.22. The zero-order valence-electron chi connectivity index (χ0n) is 12.6. The van der Waals surface area contributed by atoms with Gasteiger partial charge in [-0.1, -0.05) is 26.2 Å². The first-order valence-corrected chi connectivity index (χ1v) is 7.63. The summed E-state index contributed by atoms with van der Waals surface area (Å²) in [5, 5.41) is 9.27. The van der Waals surface area contributed by atoms with Gasteiger partial charge in [0.1, 0.15) is 6.10 Å². The molecule has 0 bridgehead atoms. The summed E-state index contributed by atoms with van der Waals surface area (Å²) in [6.45, 7) is 4.32. The number of amides is 1. The average Bonchev–Trinajstić information content (AvgIpc) is 2.42. The minimum absolute atomic E-state index is 0.0497. The Morgan fingerprint density at radius 2 is 2.00 bits per heavy atom. The lowest BCUT2D eigenvalue weighted by Crippen LogP contribution is -2.41. The number of aliphatic hydroxyl groups is 1. The number of hydrogen-bond acceptors (Lipinski definition) is 3. The van der Waals surface area contributed by atoms with Gasteiger partial charge < -0.3 is 14.7 Å². The van der Waals surface area contributed by atoms with E-state index >= 15 is 0 Å². The van der Waals surface area contributed by atoms with Crippen LogP contribution in [0.15, 0.2) is 0 Å². The first-order chi connectivity index (χ1) is 9.04. The normalized spacial score (nSPS) is 20.0. The van der Waals surface area contributed by atoms with Gasteiger partial charge in [0, 0.05) is 13.6 Å². The topological polar surface area (TPSA) is 49.8 Å². The van der Waals surface area contributed by atoms with E-state index in [4.69, 9.17) is 4.74 Å². The van der Waals surface area contributed by atoms with E-state index in [-0.39, 0.29) is 24.2 Å². The zero-order chi connectivity index (χ0) is 14.3. The minimum atomic E-state index is -0.366. The van der Waals surface area contributed by atoms with E-state index in [9.17, 15) is 9.90 Å². The predicted octanol–water partition coefficient (Wildman–Crippen LogP) is 2.34. The molecule has 2 atom stereocenters. The quantitative estimate of drug-likeness (QED) is 0.773. The predicted molar refractivity (Wildman–Crippen MR) is 76.0 cm³/mol. The molecule has 0 aliphatic heterocycles. The van der Waals surface area contributed by atoms with E-state index in [1.165, 1.54) is 19.3 Å². The standard InChI is InChI=1S/C15H29NO3/c1-4-14(19-13-8-6-5-7-9-13)15(18)16(3)11-10-12(2)17/h12-14,17H,4-11H2,1-3H3. The Labute approximate surface area is 117 Å². The number of nitrogens with zero attached hydrogens (tertiary/aromatic N) is 1. The lowest BCUT2D eigenvalue weighted by Gasteiger charge is -2.29. The van der Waals surface area contributed by atoms with Gasteiger partial charge in [-0.25, -0.2) is 0 Å². The second-order valence-corrected chi connectivity index (χ2v) is 5.69. The van der Waals surface area contributed by atoms with Gasteiger partial charge in [-0.3, -0.25) is 4.79 Å². The molecule has 0 aromatic heterocycles. The van der Waals surface area contributed by atoms with Gasteiger partial charge in [0.25, 0.3) is 5.91 Å². The summed E-state index contributed by atoms with van der Waals surface area (Å²) in [5.74, 6) is 0.0497. The molecule has 2 unspecified atom stereocenters. The van der Waals surface area contributed by atoms with Crippen molar-refractivity contribution in [2.75, 3.05) is 13.6 Å². The fourth-order valence-electron chi connectivity index (χ4n) is 2.50. The number of hydrogen-bond donors (Lipinski definition) is 1. The Morgan fingerprint density at radius 3 is 2.53 bits per heavy atom. The van der Waals surface area contributed by atoms with Crippen LogP contribution in [0.5, 0.6) is 0 Å². The molecule has 1 saturated carbocycles. The molecule has 1 N–H and O–H groups in total. The van der Waals surface area contributed by atoms with Crippen molar-refractivity contribution in [1.82, 2.24) is 4.90 Å². The molecule has 112 valence electrons. The van der Waals surface area contributed by atoms with Crippen molar-refractivity contribution < 1.29 is 14.6 Å². The van der Waals surface area contributed by atoms with E-state index < -0.39 is 0 Å². The molecule has 4 heteroatoms. The second kappa shape index (κ2) is 8.54. The summed E-state index contributed by atoms with van der Waals surface area (Å²) in [5.41, 5.74) is 0. The molecule has 0 saturated heterocycles. The lowest BCUT2D eigenvalue weighted by atomic mass is 9.97. The number of carbonyl (C=O) groups excluding carboxylic acids is 1. The molecule has 1 rings (SSSR count). The summed E-state index contributed by atoms with van der Waals surface area (Å²) >= 11 is 0. The lowest BCUT2D eigenvalue weighted by molar-refractivity contribution is -0.148. The molecular formula is C15H29NO3. The van der Waals surface area contributed by atoms with Crippen LogP contribution in [0.4, 0.5) is 0 Å². The maximum absolute atomic E-state index is 12.3. The van der Waals surface area contributed by atoms with E-state index in [1.54, 1.807) is 18.9 Å². The smallest absolute Gasteiger partial charge is 0.251 e. The first-order valence-electron chi connectivity index (χ1n) is 7.63. The molecule has 0 aromatic rings. The van der Waals surface area contributed by atoms with Crippen molar-refractivity contribution >= 4 is 5.91 Å². The highest BCUT2D eigenvalue weighted by molar-refractivity contribution is 5.80. The summed E-state index contributed by atoms with van der Waals surface area (Å²) < 4.78 is 5.98. The van der Waals surface area contributed by atoms with Gasteiger partial charge in [0.2, 0.25) is 0 Å². The zero-order valence-corrected chi connectivity index (χ0v) is 12.6. The van der Waals surface area contributed by atoms with Gasteiger partial charge in [0.05, 0.1) is 12.2 Å². The Balaban J connectivity index is 2.41. The van der Waals surface area contributed by atoms with Crippen LogP contribution in [0.25, 0.3) is 0 Å². The first kappa shape index (κ1) is 16.4. The van der Waals surface area contributed by atoms with Crippen LogP contribution in [0.3, 0.4) is 0 Å². The number of aliphatic hydroxyl groups excluding tert-OH is 1. The molecule has 1 fully saturated rings. The Morgan fingerprint density at radius 1 is 1.37 bits per heavy atom. The number of carbonyl (C=O) groups is 1. The largest absolute Gasteiger partial charge is 0.393 e. The molecule has 0 heterocycles. The van der Waals surface area contributed by atoms with Crippen molar-refractivity contribution in [2.24, 2.45) is 0 Å². The summed E-state index contributed by atoms with van der Waals surface area (Å²) in [4.78, 5) is 14.0. The number of rotatable bonds is 7. The van der Waals surface area contributed by atoms with Gasteiger partial charge in [-0.05, 0) is 32.6 Å². The molecule has 0 aromatic carbocycles. The van der Waals surface area contributed by atoms with Crippen molar-refractivity contribution in [3.05, 3.63) is 0 Å². The summed E-state index contributed by atoms with van der Waals surface area (Å²) in [6.07, 6.45) is 6.79. The number of likely N-dealkylation sites (N-methyl/N-ethyl adjacent to an activating group) is 1. The molecule has 1 aliphatic rings. The maximum Gasteiger partial charge on any atom is 0.251 e. The van der Waals surface area contributed by atoms with Crippen molar-refractivity contribution in [2.45, 2.75) is 77.1 Å². The van der Waals surface area contributed by atoms with Crippen LogP contribution in [0.2, 0.25) is 0 Å². The van der Waals surface area contributed by atoms with Crippen LogP contribution >= 0.6 is 0 Å². The van der Waals surface area contributed by atoms with E-state index in [0.29, 0.717) is 19.4 Å². The fourth-order valence-corrected chi connectivity index (χ4v) is 2.50.